The van der Waals surface area contributed by atoms with Crippen molar-refractivity contribution in [3.05, 3.63) is 18.2 Å². The van der Waals surface area contributed by atoms with E-state index >= 15 is 0 Å². The molecule has 3 atom stereocenters. The van der Waals surface area contributed by atoms with E-state index in [1.165, 1.54) is 0 Å². The number of carbonyl (C=O) groups excluding carboxylic acids is 2. The van der Waals surface area contributed by atoms with E-state index in [0.717, 1.165) is 12.8 Å². The first-order chi connectivity index (χ1) is 10.1. The van der Waals surface area contributed by atoms with Gasteiger partial charge in [0.2, 0.25) is 5.91 Å². The Labute approximate surface area is 123 Å². The minimum atomic E-state index is -0.231. The van der Waals surface area contributed by atoms with Crippen molar-refractivity contribution in [3.63, 3.8) is 0 Å². The summed E-state index contributed by atoms with van der Waals surface area (Å²) in [5.41, 5.74) is 0. The minimum Gasteiger partial charge on any atom is -0.374 e. The van der Waals surface area contributed by atoms with Gasteiger partial charge in [0.1, 0.15) is 0 Å². The third-order valence-corrected chi connectivity index (χ3v) is 4.27. The van der Waals surface area contributed by atoms with E-state index in [2.05, 4.69) is 10.3 Å². The average Bonchev–Trinajstić information content (AvgIpc) is 3.03. The maximum Gasteiger partial charge on any atom is 0.287 e. The third-order valence-electron chi connectivity index (χ3n) is 4.27. The normalized spacial score (nSPS) is 28.3. The van der Waals surface area contributed by atoms with E-state index in [9.17, 15) is 9.59 Å². The second kappa shape index (κ2) is 5.48. The molecule has 0 radical (unpaired) electrons. The number of ether oxygens (including phenoxy) is 1. The van der Waals surface area contributed by atoms with Crippen molar-refractivity contribution < 1.29 is 14.3 Å². The van der Waals surface area contributed by atoms with Crippen molar-refractivity contribution in [3.8, 4) is 0 Å². The highest BCUT2D eigenvalue weighted by Crippen LogP contribution is 2.29. The van der Waals surface area contributed by atoms with Gasteiger partial charge in [-0.3, -0.25) is 9.59 Å². The topological polar surface area (TPSA) is 76.5 Å². The molecule has 2 saturated heterocycles. The van der Waals surface area contributed by atoms with Crippen LogP contribution in [0.3, 0.4) is 0 Å². The van der Waals surface area contributed by atoms with E-state index in [0.29, 0.717) is 19.0 Å². The first kappa shape index (κ1) is 14.1. The monoisotopic (exact) mass is 292 g/mol. The summed E-state index contributed by atoms with van der Waals surface area (Å²) >= 11 is 0. The molecule has 2 amide bonds. The standard InChI is InChI=1S/C14H20N4O3/c1-9(19)18-8-10(12-11(18)4-3-7-21-12)16-14(20)13-15-5-6-17(13)2/h5-6,10-12H,3-4,7-8H2,1-2H3,(H,16,20)/t10-,11+,12+/m0/s1. The second-order valence-electron chi connectivity index (χ2n) is 5.66. The molecule has 2 aliphatic heterocycles. The number of rotatable bonds is 2. The average molecular weight is 292 g/mol. The summed E-state index contributed by atoms with van der Waals surface area (Å²) in [6.07, 6.45) is 5.08. The zero-order valence-corrected chi connectivity index (χ0v) is 12.3. The molecule has 0 saturated carbocycles. The number of hydrogen-bond acceptors (Lipinski definition) is 4. The molecular weight excluding hydrogens is 272 g/mol. The number of aryl methyl sites for hydroxylation is 1. The summed E-state index contributed by atoms with van der Waals surface area (Å²) < 4.78 is 7.48. The Kier molecular flexibility index (Phi) is 3.67. The molecule has 0 aromatic carbocycles. The third kappa shape index (κ3) is 2.53. The lowest BCUT2D eigenvalue weighted by Crippen LogP contribution is -2.48. The van der Waals surface area contributed by atoms with Crippen molar-refractivity contribution in [2.75, 3.05) is 13.2 Å². The number of aromatic nitrogens is 2. The van der Waals surface area contributed by atoms with Crippen LogP contribution in [0.25, 0.3) is 0 Å². The van der Waals surface area contributed by atoms with E-state index in [1.807, 2.05) is 4.90 Å². The fourth-order valence-corrected chi connectivity index (χ4v) is 3.26. The largest absolute Gasteiger partial charge is 0.374 e. The van der Waals surface area contributed by atoms with Crippen LogP contribution in [0.15, 0.2) is 12.4 Å². The molecule has 0 unspecified atom stereocenters. The van der Waals surface area contributed by atoms with Crippen molar-refractivity contribution in [1.29, 1.82) is 0 Å². The molecule has 0 aliphatic carbocycles. The van der Waals surface area contributed by atoms with Gasteiger partial charge in [-0.25, -0.2) is 4.98 Å². The molecule has 114 valence electrons. The number of fused-ring (bicyclic) bond motifs is 1. The van der Waals surface area contributed by atoms with E-state index < -0.39 is 0 Å². The van der Waals surface area contributed by atoms with Gasteiger partial charge in [-0.2, -0.15) is 0 Å². The summed E-state index contributed by atoms with van der Waals surface area (Å²) in [6.45, 7) is 2.75. The van der Waals surface area contributed by atoms with Crippen LogP contribution < -0.4 is 5.32 Å². The quantitative estimate of drug-likeness (QED) is 0.828. The molecule has 0 bridgehead atoms. The molecule has 1 aromatic rings. The van der Waals surface area contributed by atoms with Crippen molar-refractivity contribution in [2.24, 2.45) is 7.05 Å². The molecule has 21 heavy (non-hydrogen) atoms. The first-order valence-electron chi connectivity index (χ1n) is 7.25. The Balaban J connectivity index is 1.74. The zero-order valence-electron chi connectivity index (χ0n) is 12.3. The second-order valence-corrected chi connectivity index (χ2v) is 5.66. The lowest BCUT2D eigenvalue weighted by molar-refractivity contribution is -0.132. The predicted octanol–water partition coefficient (Wildman–Crippen LogP) is -0.0718. The maximum absolute atomic E-state index is 12.3. The molecule has 0 spiro atoms. The highest BCUT2D eigenvalue weighted by molar-refractivity contribution is 5.91. The van der Waals surface area contributed by atoms with E-state index in [4.69, 9.17) is 4.74 Å². The van der Waals surface area contributed by atoms with Crippen LogP contribution in [0.5, 0.6) is 0 Å². The fraction of sp³-hybridized carbons (Fsp3) is 0.643. The van der Waals surface area contributed by atoms with E-state index in [-0.39, 0.29) is 30.0 Å². The van der Waals surface area contributed by atoms with Gasteiger partial charge in [0.15, 0.2) is 5.82 Å². The number of likely N-dealkylation sites (tertiary alicyclic amines) is 1. The van der Waals surface area contributed by atoms with Crippen LogP contribution in [0.1, 0.15) is 30.4 Å². The Morgan fingerprint density at radius 1 is 1.48 bits per heavy atom. The summed E-state index contributed by atoms with van der Waals surface area (Å²) in [7, 11) is 1.78. The van der Waals surface area contributed by atoms with Crippen molar-refractivity contribution in [1.82, 2.24) is 19.8 Å². The van der Waals surface area contributed by atoms with Crippen molar-refractivity contribution in [2.45, 2.75) is 38.0 Å². The molecule has 2 fully saturated rings. The Morgan fingerprint density at radius 3 is 2.95 bits per heavy atom. The highest BCUT2D eigenvalue weighted by Gasteiger charge is 2.45. The summed E-state index contributed by atoms with van der Waals surface area (Å²) in [5.74, 6) is 0.165. The Bertz CT molecular complexity index is 556. The van der Waals surface area contributed by atoms with Crippen molar-refractivity contribution >= 4 is 11.8 Å². The van der Waals surface area contributed by atoms with Crippen LogP contribution in [-0.4, -0.2) is 57.6 Å². The van der Waals surface area contributed by atoms with Gasteiger partial charge < -0.3 is 19.5 Å². The lowest BCUT2D eigenvalue weighted by Gasteiger charge is -2.31. The predicted molar refractivity (Wildman–Crippen MR) is 74.6 cm³/mol. The number of nitrogens with zero attached hydrogens (tertiary/aromatic N) is 3. The van der Waals surface area contributed by atoms with Gasteiger partial charge in [-0.15, -0.1) is 0 Å². The van der Waals surface area contributed by atoms with Gasteiger partial charge >= 0.3 is 0 Å². The molecule has 1 aromatic heterocycles. The van der Waals surface area contributed by atoms with Crippen LogP contribution >= 0.6 is 0 Å². The molecule has 1 N–H and O–H groups in total. The Morgan fingerprint density at radius 2 is 2.29 bits per heavy atom. The van der Waals surface area contributed by atoms with Crippen LogP contribution in [0, 0.1) is 0 Å². The van der Waals surface area contributed by atoms with E-state index in [1.54, 1.807) is 30.9 Å². The Hall–Kier alpha value is -1.89. The molecule has 7 heteroatoms. The molecule has 3 rings (SSSR count). The lowest BCUT2D eigenvalue weighted by atomic mass is 10.0. The number of imidazole rings is 1. The molecular formula is C14H20N4O3. The number of amides is 2. The minimum absolute atomic E-state index is 0.0317. The number of hydrogen-bond donors (Lipinski definition) is 1. The molecule has 3 heterocycles. The van der Waals surface area contributed by atoms with Crippen LogP contribution in [-0.2, 0) is 16.6 Å². The van der Waals surface area contributed by atoms with Gasteiger partial charge in [0.25, 0.3) is 5.91 Å². The zero-order chi connectivity index (χ0) is 15.0. The first-order valence-corrected chi connectivity index (χ1v) is 7.25. The number of carbonyl (C=O) groups is 2. The van der Waals surface area contributed by atoms with Gasteiger partial charge in [0, 0.05) is 39.5 Å². The maximum atomic E-state index is 12.3. The fourth-order valence-electron chi connectivity index (χ4n) is 3.26. The molecule has 2 aliphatic rings. The SMILES string of the molecule is CC(=O)N1C[C@H](NC(=O)c2nccn2C)[C@H]2OCCC[C@H]21. The van der Waals surface area contributed by atoms with Gasteiger partial charge in [-0.1, -0.05) is 0 Å². The summed E-state index contributed by atoms with van der Waals surface area (Å²) in [4.78, 5) is 29.9. The van der Waals surface area contributed by atoms with Crippen LogP contribution in [0.2, 0.25) is 0 Å². The summed E-state index contributed by atoms with van der Waals surface area (Å²) in [6, 6.07) is -0.105. The van der Waals surface area contributed by atoms with Gasteiger partial charge in [0.05, 0.1) is 18.2 Å². The summed E-state index contributed by atoms with van der Waals surface area (Å²) in [5, 5.41) is 2.96. The highest BCUT2D eigenvalue weighted by atomic mass is 16.5. The smallest absolute Gasteiger partial charge is 0.287 e. The van der Waals surface area contributed by atoms with Gasteiger partial charge in [-0.05, 0) is 12.8 Å². The van der Waals surface area contributed by atoms with Crippen LogP contribution in [0.4, 0.5) is 0 Å². The number of nitrogens with one attached hydrogen (secondary N) is 1. The molecule has 7 nitrogen and oxygen atoms in total.